The number of ether oxygens (including phenoxy) is 1. The molecule has 1 aromatic carbocycles. The highest BCUT2D eigenvalue weighted by molar-refractivity contribution is 7.17. The molecule has 1 amide bonds. The second-order valence-electron chi connectivity index (χ2n) is 12.2. The lowest BCUT2D eigenvalue weighted by Crippen LogP contribution is -2.43. The molecule has 0 radical (unpaired) electrons. The molecule has 6 nitrogen and oxygen atoms in total. The van der Waals surface area contributed by atoms with Gasteiger partial charge in [-0.3, -0.25) is 9.69 Å². The van der Waals surface area contributed by atoms with E-state index in [4.69, 9.17) is 4.74 Å². The lowest BCUT2D eigenvalue weighted by molar-refractivity contribution is -0.118. The number of esters is 1. The summed E-state index contributed by atoms with van der Waals surface area (Å²) in [5.74, 6) is 0.383. The van der Waals surface area contributed by atoms with Gasteiger partial charge in [0.25, 0.3) is 0 Å². The Hall–Kier alpha value is -2.64. The van der Waals surface area contributed by atoms with Crippen molar-refractivity contribution in [2.24, 2.45) is 0 Å². The fourth-order valence-corrected chi connectivity index (χ4v) is 9.29. The fourth-order valence-electron chi connectivity index (χ4n) is 8.00. The fraction of sp³-hybridized carbons (Fsp3) is 0.576. The minimum absolute atomic E-state index is 0.0274. The number of nitrogens with zero attached hydrogens (tertiary/aromatic N) is 2. The summed E-state index contributed by atoms with van der Waals surface area (Å²) in [5, 5.41) is 5.29. The topological polar surface area (TPSA) is 63.6 Å². The molecule has 212 valence electrons. The van der Waals surface area contributed by atoms with Gasteiger partial charge in [-0.05, 0) is 99.5 Å². The SMILES string of the molecule is CCOC(=O)c1c(NC(=O)CN2CCn3c4c(c5cc(C6CCCCC6)ccc53)CCCC42)sc2c1CCCC2. The first-order chi connectivity index (χ1) is 19.6. The van der Waals surface area contributed by atoms with Crippen molar-refractivity contribution in [3.63, 3.8) is 0 Å². The van der Waals surface area contributed by atoms with Crippen molar-refractivity contribution in [2.45, 2.75) is 102 Å². The number of carbonyl (C=O) groups excluding carboxylic acids is 2. The molecule has 1 saturated carbocycles. The molecule has 3 aromatic rings. The predicted octanol–water partition coefficient (Wildman–Crippen LogP) is 7.14. The van der Waals surface area contributed by atoms with Crippen LogP contribution in [0.3, 0.4) is 0 Å². The Labute approximate surface area is 241 Å². The molecule has 1 aliphatic heterocycles. The van der Waals surface area contributed by atoms with Crippen molar-refractivity contribution >= 4 is 39.1 Å². The molecule has 0 spiro atoms. The molecule has 2 aromatic heterocycles. The van der Waals surface area contributed by atoms with Crippen molar-refractivity contribution in [1.29, 1.82) is 0 Å². The first kappa shape index (κ1) is 26.3. The third kappa shape index (κ3) is 4.59. The van der Waals surface area contributed by atoms with E-state index in [2.05, 4.69) is 33.0 Å². The van der Waals surface area contributed by atoms with Crippen molar-refractivity contribution in [3.8, 4) is 0 Å². The maximum Gasteiger partial charge on any atom is 0.341 e. The number of aryl methyl sites for hydroxylation is 2. The largest absolute Gasteiger partial charge is 0.462 e. The lowest BCUT2D eigenvalue weighted by atomic mass is 9.83. The minimum Gasteiger partial charge on any atom is -0.462 e. The predicted molar refractivity (Wildman–Crippen MR) is 161 cm³/mol. The number of aromatic nitrogens is 1. The summed E-state index contributed by atoms with van der Waals surface area (Å²) in [6.45, 7) is 4.30. The summed E-state index contributed by atoms with van der Waals surface area (Å²) in [5.41, 5.74) is 7.56. The van der Waals surface area contributed by atoms with Gasteiger partial charge in [-0.15, -0.1) is 11.3 Å². The van der Waals surface area contributed by atoms with Crippen LogP contribution in [0.1, 0.15) is 114 Å². The third-order valence-electron chi connectivity index (χ3n) is 9.84. The maximum atomic E-state index is 13.5. The zero-order valence-electron chi connectivity index (χ0n) is 23.7. The van der Waals surface area contributed by atoms with Gasteiger partial charge in [0.2, 0.25) is 5.91 Å². The molecular formula is C33H41N3O3S. The van der Waals surface area contributed by atoms with Gasteiger partial charge in [-0.25, -0.2) is 4.79 Å². The summed E-state index contributed by atoms with van der Waals surface area (Å²) < 4.78 is 7.95. The number of nitrogens with one attached hydrogen (secondary N) is 1. The van der Waals surface area contributed by atoms with Gasteiger partial charge in [-0.2, -0.15) is 0 Å². The van der Waals surface area contributed by atoms with E-state index in [1.807, 2.05) is 6.92 Å². The average Bonchev–Trinajstić information content (AvgIpc) is 3.51. The number of hydrogen-bond donors (Lipinski definition) is 1. The van der Waals surface area contributed by atoms with Gasteiger partial charge in [0.05, 0.1) is 24.8 Å². The lowest BCUT2D eigenvalue weighted by Gasteiger charge is -2.39. The summed E-state index contributed by atoms with van der Waals surface area (Å²) in [6, 6.07) is 7.56. The van der Waals surface area contributed by atoms with Gasteiger partial charge in [0.15, 0.2) is 0 Å². The normalized spacial score (nSPS) is 21.2. The molecule has 1 N–H and O–H groups in total. The van der Waals surface area contributed by atoms with E-state index in [1.165, 1.54) is 64.7 Å². The zero-order chi connectivity index (χ0) is 27.2. The first-order valence-corrected chi connectivity index (χ1v) is 16.4. The van der Waals surface area contributed by atoms with E-state index in [-0.39, 0.29) is 17.9 Å². The molecule has 1 unspecified atom stereocenters. The number of hydrogen-bond acceptors (Lipinski definition) is 5. The van der Waals surface area contributed by atoms with E-state index in [0.29, 0.717) is 29.6 Å². The van der Waals surface area contributed by atoms with Crippen molar-refractivity contribution in [2.75, 3.05) is 25.0 Å². The molecule has 7 rings (SSSR count). The number of benzene rings is 1. The standard InChI is InChI=1S/C33H41N3O3S/c1-2-39-33(38)30-24-11-6-7-14-28(24)40-32(30)34-29(37)20-35-17-18-36-26-16-15-22(21-9-4-3-5-10-21)19-25(26)23-12-8-13-27(35)31(23)36/h15-16,19,21,27H,2-14,17-18,20H2,1H3,(H,34,37). The molecule has 40 heavy (non-hydrogen) atoms. The molecule has 0 bridgehead atoms. The second-order valence-corrected chi connectivity index (χ2v) is 13.3. The quantitative estimate of drug-likeness (QED) is 0.326. The number of carbonyl (C=O) groups is 2. The maximum absolute atomic E-state index is 13.5. The van der Waals surface area contributed by atoms with Gasteiger partial charge >= 0.3 is 5.97 Å². The Morgan fingerprint density at radius 2 is 1.80 bits per heavy atom. The van der Waals surface area contributed by atoms with Crippen LogP contribution in [-0.4, -0.2) is 41.0 Å². The summed E-state index contributed by atoms with van der Waals surface area (Å²) in [7, 11) is 0. The molecule has 3 heterocycles. The van der Waals surface area contributed by atoms with E-state index >= 15 is 0 Å². The Bertz CT molecular complexity index is 1450. The smallest absolute Gasteiger partial charge is 0.341 e. The third-order valence-corrected chi connectivity index (χ3v) is 11.0. The number of rotatable bonds is 6. The van der Waals surface area contributed by atoms with Gasteiger partial charge < -0.3 is 14.6 Å². The van der Waals surface area contributed by atoms with Gasteiger partial charge in [-0.1, -0.05) is 25.3 Å². The first-order valence-electron chi connectivity index (χ1n) is 15.6. The van der Waals surface area contributed by atoms with Crippen LogP contribution in [0.5, 0.6) is 0 Å². The van der Waals surface area contributed by atoms with Crippen LogP contribution in [0.2, 0.25) is 0 Å². The molecular weight excluding hydrogens is 518 g/mol. The van der Waals surface area contributed by atoms with Crippen LogP contribution < -0.4 is 5.32 Å². The van der Waals surface area contributed by atoms with Crippen LogP contribution in [0.4, 0.5) is 5.00 Å². The van der Waals surface area contributed by atoms with E-state index in [9.17, 15) is 9.59 Å². The Morgan fingerprint density at radius 1 is 0.975 bits per heavy atom. The molecule has 1 fully saturated rings. The highest BCUT2D eigenvalue weighted by Crippen LogP contribution is 2.44. The molecule has 4 aliphatic rings. The molecule has 3 aliphatic carbocycles. The Balaban J connectivity index is 1.13. The van der Waals surface area contributed by atoms with Crippen LogP contribution >= 0.6 is 11.3 Å². The van der Waals surface area contributed by atoms with Crippen LogP contribution in [0, 0.1) is 0 Å². The number of thiophene rings is 1. The van der Waals surface area contributed by atoms with Crippen molar-refractivity contribution in [1.82, 2.24) is 9.47 Å². The van der Waals surface area contributed by atoms with E-state index in [1.54, 1.807) is 11.3 Å². The Morgan fingerprint density at radius 3 is 2.65 bits per heavy atom. The van der Waals surface area contributed by atoms with Gasteiger partial charge in [0.1, 0.15) is 5.00 Å². The molecule has 7 heteroatoms. The van der Waals surface area contributed by atoms with Crippen LogP contribution in [0.15, 0.2) is 18.2 Å². The second kappa shape index (κ2) is 11.0. The average molecular weight is 560 g/mol. The monoisotopic (exact) mass is 559 g/mol. The minimum atomic E-state index is -0.302. The highest BCUT2D eigenvalue weighted by atomic mass is 32.1. The van der Waals surface area contributed by atoms with Crippen LogP contribution in [0.25, 0.3) is 10.9 Å². The zero-order valence-corrected chi connectivity index (χ0v) is 24.5. The van der Waals surface area contributed by atoms with E-state index < -0.39 is 0 Å². The van der Waals surface area contributed by atoms with E-state index in [0.717, 1.165) is 63.6 Å². The highest BCUT2D eigenvalue weighted by Gasteiger charge is 2.36. The number of anilines is 1. The van der Waals surface area contributed by atoms with Crippen LogP contribution in [-0.2, 0) is 35.3 Å². The Kier molecular flexibility index (Phi) is 7.21. The number of fused-ring (bicyclic) bond motifs is 4. The van der Waals surface area contributed by atoms with Crippen molar-refractivity contribution in [3.05, 3.63) is 51.0 Å². The van der Waals surface area contributed by atoms with Gasteiger partial charge in [0, 0.05) is 34.6 Å². The number of amides is 1. The molecule has 1 atom stereocenters. The molecule has 0 saturated heterocycles. The summed E-state index contributed by atoms with van der Waals surface area (Å²) in [4.78, 5) is 30.0. The summed E-state index contributed by atoms with van der Waals surface area (Å²) in [6.07, 6.45) is 14.2. The van der Waals surface area contributed by atoms with Crippen molar-refractivity contribution < 1.29 is 14.3 Å². The summed E-state index contributed by atoms with van der Waals surface area (Å²) >= 11 is 1.58.